The van der Waals surface area contributed by atoms with Crippen molar-refractivity contribution in [3.05, 3.63) is 30.5 Å². The summed E-state index contributed by atoms with van der Waals surface area (Å²) in [6.07, 6.45) is 4.78. The predicted octanol–water partition coefficient (Wildman–Crippen LogP) is 2.78. The Kier molecular flexibility index (Phi) is 4.98. The number of nitrogens with one attached hydrogen (secondary N) is 1. The number of hydrogen-bond donors (Lipinski definition) is 2. The van der Waals surface area contributed by atoms with Gasteiger partial charge in [0.15, 0.2) is 0 Å². The van der Waals surface area contributed by atoms with Gasteiger partial charge in [0.05, 0.1) is 12.7 Å². The van der Waals surface area contributed by atoms with E-state index in [9.17, 15) is 9.90 Å². The number of rotatable bonds is 5. The minimum atomic E-state index is -0.234. The SMILES string of the molecule is COCCn1ccc2cc(NC(=O)C3CCC(O)CC3)ccc21. The highest BCUT2D eigenvalue weighted by atomic mass is 16.5. The van der Waals surface area contributed by atoms with Crippen molar-refractivity contribution in [3.8, 4) is 0 Å². The number of methoxy groups -OCH3 is 1. The van der Waals surface area contributed by atoms with Gasteiger partial charge in [-0.2, -0.15) is 0 Å². The molecule has 0 bridgehead atoms. The van der Waals surface area contributed by atoms with E-state index in [1.165, 1.54) is 0 Å². The summed E-state index contributed by atoms with van der Waals surface area (Å²) < 4.78 is 7.27. The Morgan fingerprint density at radius 1 is 1.30 bits per heavy atom. The van der Waals surface area contributed by atoms with Crippen LogP contribution >= 0.6 is 0 Å². The van der Waals surface area contributed by atoms with Crippen molar-refractivity contribution in [1.29, 1.82) is 0 Å². The molecule has 0 aliphatic heterocycles. The Balaban J connectivity index is 1.67. The minimum absolute atomic E-state index is 0.0143. The van der Waals surface area contributed by atoms with Crippen molar-refractivity contribution in [2.45, 2.75) is 38.3 Å². The van der Waals surface area contributed by atoms with Crippen LogP contribution in [0.1, 0.15) is 25.7 Å². The number of nitrogens with zero attached hydrogens (tertiary/aromatic N) is 1. The number of carbonyl (C=O) groups is 1. The molecule has 124 valence electrons. The molecule has 1 heterocycles. The third-order valence-corrected chi connectivity index (χ3v) is 4.64. The van der Waals surface area contributed by atoms with E-state index in [1.807, 2.05) is 24.4 Å². The molecule has 1 aromatic heterocycles. The molecule has 1 aliphatic rings. The van der Waals surface area contributed by atoms with Crippen molar-refractivity contribution in [1.82, 2.24) is 4.57 Å². The maximum absolute atomic E-state index is 12.3. The normalized spacial score (nSPS) is 21.5. The van der Waals surface area contributed by atoms with Crippen LogP contribution in [-0.4, -0.2) is 35.4 Å². The van der Waals surface area contributed by atoms with Gasteiger partial charge in [0.1, 0.15) is 0 Å². The van der Waals surface area contributed by atoms with E-state index in [1.54, 1.807) is 7.11 Å². The van der Waals surface area contributed by atoms with Gasteiger partial charge in [-0.3, -0.25) is 4.79 Å². The molecule has 0 spiro atoms. The van der Waals surface area contributed by atoms with Crippen LogP contribution in [0.3, 0.4) is 0 Å². The maximum Gasteiger partial charge on any atom is 0.227 e. The smallest absolute Gasteiger partial charge is 0.227 e. The molecular weight excluding hydrogens is 292 g/mol. The van der Waals surface area contributed by atoms with Gasteiger partial charge in [0.2, 0.25) is 5.91 Å². The molecule has 1 aromatic carbocycles. The van der Waals surface area contributed by atoms with Crippen LogP contribution in [0.5, 0.6) is 0 Å². The number of hydrogen-bond acceptors (Lipinski definition) is 3. The topological polar surface area (TPSA) is 63.5 Å². The molecule has 0 unspecified atom stereocenters. The third kappa shape index (κ3) is 3.74. The van der Waals surface area contributed by atoms with Crippen LogP contribution in [-0.2, 0) is 16.1 Å². The number of ether oxygens (including phenoxy) is 1. The summed E-state index contributed by atoms with van der Waals surface area (Å²) in [6.45, 7) is 1.49. The van der Waals surface area contributed by atoms with Crippen molar-refractivity contribution in [3.63, 3.8) is 0 Å². The average Bonchev–Trinajstić information content (AvgIpc) is 2.95. The molecule has 0 atom stereocenters. The Labute approximate surface area is 136 Å². The lowest BCUT2D eigenvalue weighted by atomic mass is 9.87. The van der Waals surface area contributed by atoms with E-state index >= 15 is 0 Å². The molecule has 5 heteroatoms. The fourth-order valence-corrected chi connectivity index (χ4v) is 3.24. The molecule has 2 N–H and O–H groups in total. The second-order valence-electron chi connectivity index (χ2n) is 6.27. The van der Waals surface area contributed by atoms with Gasteiger partial charge in [-0.1, -0.05) is 0 Å². The van der Waals surface area contributed by atoms with Gasteiger partial charge in [-0.05, 0) is 49.9 Å². The monoisotopic (exact) mass is 316 g/mol. The summed E-state index contributed by atoms with van der Waals surface area (Å²) in [5.41, 5.74) is 1.97. The summed E-state index contributed by atoms with van der Waals surface area (Å²) in [5, 5.41) is 13.7. The highest BCUT2D eigenvalue weighted by Crippen LogP contribution is 2.26. The largest absolute Gasteiger partial charge is 0.393 e. The molecule has 0 saturated heterocycles. The molecule has 1 aliphatic carbocycles. The highest BCUT2D eigenvalue weighted by molar-refractivity contribution is 5.95. The number of fused-ring (bicyclic) bond motifs is 1. The fraction of sp³-hybridized carbons (Fsp3) is 0.500. The number of aromatic nitrogens is 1. The summed E-state index contributed by atoms with van der Waals surface area (Å²) in [4.78, 5) is 12.3. The molecule has 3 rings (SSSR count). The first-order chi connectivity index (χ1) is 11.2. The lowest BCUT2D eigenvalue weighted by Crippen LogP contribution is -2.28. The Morgan fingerprint density at radius 3 is 2.83 bits per heavy atom. The van der Waals surface area contributed by atoms with Gasteiger partial charge in [-0.25, -0.2) is 0 Å². The van der Waals surface area contributed by atoms with Gasteiger partial charge in [0.25, 0.3) is 0 Å². The maximum atomic E-state index is 12.3. The van der Waals surface area contributed by atoms with Crippen molar-refractivity contribution < 1.29 is 14.6 Å². The summed E-state index contributed by atoms with van der Waals surface area (Å²) in [6, 6.07) is 8.04. The highest BCUT2D eigenvalue weighted by Gasteiger charge is 2.25. The number of amides is 1. The standard InChI is InChI=1S/C18H24N2O3/c1-23-11-10-20-9-8-14-12-15(4-7-17(14)20)19-18(22)13-2-5-16(21)6-3-13/h4,7-9,12-13,16,21H,2-3,5-6,10-11H2,1H3,(H,19,22). The molecular formula is C18H24N2O3. The number of benzene rings is 1. The Morgan fingerprint density at radius 2 is 2.09 bits per heavy atom. The molecule has 0 radical (unpaired) electrons. The van der Waals surface area contributed by atoms with E-state index in [0.29, 0.717) is 6.61 Å². The predicted molar refractivity (Wildman–Crippen MR) is 90.4 cm³/mol. The van der Waals surface area contributed by atoms with Gasteiger partial charge in [-0.15, -0.1) is 0 Å². The van der Waals surface area contributed by atoms with E-state index in [4.69, 9.17) is 4.74 Å². The number of anilines is 1. The molecule has 2 aromatic rings. The molecule has 1 fully saturated rings. The fourth-order valence-electron chi connectivity index (χ4n) is 3.24. The van der Waals surface area contributed by atoms with Crippen molar-refractivity contribution in [2.75, 3.05) is 19.0 Å². The van der Waals surface area contributed by atoms with Crippen LogP contribution in [0.15, 0.2) is 30.5 Å². The van der Waals surface area contributed by atoms with Crippen LogP contribution in [0.4, 0.5) is 5.69 Å². The van der Waals surface area contributed by atoms with E-state index in [2.05, 4.69) is 16.0 Å². The van der Waals surface area contributed by atoms with Gasteiger partial charge in [0, 0.05) is 42.4 Å². The zero-order valence-corrected chi connectivity index (χ0v) is 13.5. The summed E-state index contributed by atoms with van der Waals surface area (Å²) in [5.74, 6) is 0.0791. The van der Waals surface area contributed by atoms with Crippen LogP contribution in [0.2, 0.25) is 0 Å². The van der Waals surface area contributed by atoms with Crippen LogP contribution in [0.25, 0.3) is 10.9 Å². The Bertz CT molecular complexity index is 672. The number of carbonyl (C=O) groups excluding carboxylic acids is 1. The second-order valence-corrected chi connectivity index (χ2v) is 6.27. The average molecular weight is 316 g/mol. The Hall–Kier alpha value is -1.85. The van der Waals surface area contributed by atoms with E-state index in [-0.39, 0.29) is 17.9 Å². The molecule has 1 saturated carbocycles. The zero-order chi connectivity index (χ0) is 16.2. The number of aliphatic hydroxyl groups is 1. The van der Waals surface area contributed by atoms with Crippen molar-refractivity contribution in [2.24, 2.45) is 5.92 Å². The van der Waals surface area contributed by atoms with E-state index < -0.39 is 0 Å². The van der Waals surface area contributed by atoms with Gasteiger partial charge >= 0.3 is 0 Å². The first-order valence-electron chi connectivity index (χ1n) is 8.24. The molecule has 23 heavy (non-hydrogen) atoms. The first-order valence-corrected chi connectivity index (χ1v) is 8.24. The lowest BCUT2D eigenvalue weighted by Gasteiger charge is -2.24. The quantitative estimate of drug-likeness (QED) is 0.891. The minimum Gasteiger partial charge on any atom is -0.393 e. The lowest BCUT2D eigenvalue weighted by molar-refractivity contribution is -0.121. The van der Waals surface area contributed by atoms with Crippen LogP contribution in [0, 0.1) is 5.92 Å². The summed E-state index contributed by atoms with van der Waals surface area (Å²) in [7, 11) is 1.70. The van der Waals surface area contributed by atoms with E-state index in [0.717, 1.165) is 48.8 Å². The second kappa shape index (κ2) is 7.15. The number of aliphatic hydroxyl groups excluding tert-OH is 1. The third-order valence-electron chi connectivity index (χ3n) is 4.64. The van der Waals surface area contributed by atoms with Crippen molar-refractivity contribution >= 4 is 22.5 Å². The first kappa shape index (κ1) is 16.0. The summed E-state index contributed by atoms with van der Waals surface area (Å²) >= 11 is 0. The van der Waals surface area contributed by atoms with Gasteiger partial charge < -0.3 is 19.7 Å². The zero-order valence-electron chi connectivity index (χ0n) is 13.5. The molecule has 1 amide bonds. The van der Waals surface area contributed by atoms with Crippen LogP contribution < -0.4 is 5.32 Å². The molecule has 5 nitrogen and oxygen atoms in total.